The summed E-state index contributed by atoms with van der Waals surface area (Å²) in [6, 6.07) is 9.81. The molecule has 134 valence electrons. The molecule has 0 amide bonds. The molecule has 1 aliphatic rings. The minimum absolute atomic E-state index is 0.295. The lowest BCUT2D eigenvalue weighted by Gasteiger charge is -2.40. The van der Waals surface area contributed by atoms with Crippen molar-refractivity contribution in [2.45, 2.75) is 57.2 Å². The largest absolute Gasteiger partial charge is 0.389 e. The van der Waals surface area contributed by atoms with Gasteiger partial charge in [0.1, 0.15) is 5.66 Å². The van der Waals surface area contributed by atoms with E-state index >= 15 is 0 Å². The Labute approximate surface area is 145 Å². The molecule has 5 heteroatoms. The minimum atomic E-state index is -3.44. The molecule has 24 heavy (non-hydrogen) atoms. The highest BCUT2D eigenvalue weighted by Crippen LogP contribution is 2.59. The van der Waals surface area contributed by atoms with Crippen LogP contribution in [0.15, 0.2) is 36.4 Å². The molecule has 1 aliphatic carbocycles. The first-order chi connectivity index (χ1) is 11.5. The van der Waals surface area contributed by atoms with Crippen LogP contribution in [0.25, 0.3) is 6.08 Å². The first kappa shape index (κ1) is 19.4. The zero-order chi connectivity index (χ0) is 17.5. The predicted molar refractivity (Wildman–Crippen MR) is 98.2 cm³/mol. The molecule has 0 aliphatic heterocycles. The average molecular weight is 352 g/mol. The van der Waals surface area contributed by atoms with Crippen LogP contribution in [0.1, 0.15) is 51.5 Å². The van der Waals surface area contributed by atoms with E-state index in [2.05, 4.69) is 0 Å². The third-order valence-electron chi connectivity index (χ3n) is 4.50. The highest BCUT2D eigenvalue weighted by Gasteiger charge is 2.48. The number of aliphatic hydroxyl groups is 1. The van der Waals surface area contributed by atoms with Gasteiger partial charge < -0.3 is 14.2 Å². The molecule has 1 fully saturated rings. The van der Waals surface area contributed by atoms with Crippen LogP contribution in [0.3, 0.4) is 0 Å². The van der Waals surface area contributed by atoms with E-state index in [9.17, 15) is 9.67 Å². The highest BCUT2D eigenvalue weighted by atomic mass is 31.2. The normalized spacial score (nSPS) is 19.5. The Hall–Kier alpha value is -0.930. The second-order valence-corrected chi connectivity index (χ2v) is 8.41. The van der Waals surface area contributed by atoms with Crippen LogP contribution >= 0.6 is 7.60 Å². The van der Waals surface area contributed by atoms with Crippen molar-refractivity contribution in [2.24, 2.45) is 0 Å². The van der Waals surface area contributed by atoms with E-state index in [1.165, 1.54) is 0 Å². The van der Waals surface area contributed by atoms with Gasteiger partial charge >= 0.3 is 7.60 Å². The molecular weight excluding hydrogens is 323 g/mol. The van der Waals surface area contributed by atoms with Gasteiger partial charge in [-0.25, -0.2) is 0 Å². The maximum Gasteiger partial charge on any atom is 0.340 e. The van der Waals surface area contributed by atoms with Gasteiger partial charge in [-0.2, -0.15) is 0 Å². The Balaban J connectivity index is 2.36. The van der Waals surface area contributed by atoms with E-state index in [0.29, 0.717) is 26.1 Å². The fourth-order valence-corrected chi connectivity index (χ4v) is 5.62. The molecule has 1 unspecified atom stereocenters. The molecule has 0 radical (unpaired) electrons. The van der Waals surface area contributed by atoms with Gasteiger partial charge in [-0.3, -0.25) is 4.57 Å². The average Bonchev–Trinajstić information content (AvgIpc) is 2.57. The number of hydrogen-bond acceptors (Lipinski definition) is 4. The fraction of sp³-hybridized carbons (Fsp3) is 0.579. The number of rotatable bonds is 8. The quantitative estimate of drug-likeness (QED) is 0.667. The smallest absolute Gasteiger partial charge is 0.340 e. The highest BCUT2D eigenvalue weighted by molar-refractivity contribution is 7.55. The van der Waals surface area contributed by atoms with Crippen molar-refractivity contribution in [1.82, 2.24) is 0 Å². The Morgan fingerprint density at radius 3 is 2.25 bits per heavy atom. The molecule has 0 aromatic heterocycles. The topological polar surface area (TPSA) is 55.8 Å². The summed E-state index contributed by atoms with van der Waals surface area (Å²) in [4.78, 5) is 0. The molecule has 0 heterocycles. The van der Waals surface area contributed by atoms with E-state index < -0.39 is 18.9 Å². The van der Waals surface area contributed by atoms with E-state index in [0.717, 1.165) is 24.8 Å². The van der Waals surface area contributed by atoms with Crippen molar-refractivity contribution in [1.29, 1.82) is 0 Å². The lowest BCUT2D eigenvalue weighted by molar-refractivity contribution is 0.00199. The van der Waals surface area contributed by atoms with Crippen LogP contribution in [0.2, 0.25) is 0 Å². The molecule has 2 rings (SSSR count). The second kappa shape index (κ2) is 8.96. The van der Waals surface area contributed by atoms with Crippen LogP contribution in [0.5, 0.6) is 0 Å². The first-order valence-corrected chi connectivity index (χ1v) is 10.5. The van der Waals surface area contributed by atoms with Crippen LogP contribution in [0.4, 0.5) is 0 Å². The maximum atomic E-state index is 13.4. The zero-order valence-electron chi connectivity index (χ0n) is 14.7. The van der Waals surface area contributed by atoms with E-state index in [1.54, 1.807) is 13.8 Å². The van der Waals surface area contributed by atoms with Gasteiger partial charge in [-0.15, -0.1) is 0 Å². The molecule has 1 aromatic carbocycles. The van der Waals surface area contributed by atoms with Gasteiger partial charge in [-0.1, -0.05) is 61.7 Å². The fourth-order valence-electron chi connectivity index (χ4n) is 3.36. The summed E-state index contributed by atoms with van der Waals surface area (Å²) in [6.45, 7) is 4.19. The Kier molecular flexibility index (Phi) is 7.24. The summed E-state index contributed by atoms with van der Waals surface area (Å²) in [5.74, 6) is 0. The van der Waals surface area contributed by atoms with E-state index in [1.807, 2.05) is 42.5 Å². The molecule has 4 nitrogen and oxygen atoms in total. The van der Waals surface area contributed by atoms with Gasteiger partial charge in [0.05, 0.1) is 18.8 Å². The summed E-state index contributed by atoms with van der Waals surface area (Å²) in [7, 11) is -3.44. The predicted octanol–water partition coefficient (Wildman–Crippen LogP) is 5.03. The third kappa shape index (κ3) is 4.80. The zero-order valence-corrected chi connectivity index (χ0v) is 15.6. The summed E-state index contributed by atoms with van der Waals surface area (Å²) in [5, 5.41) is 11.2. The first-order valence-electron chi connectivity index (χ1n) is 8.88. The Bertz CT molecular complexity index is 554. The molecule has 0 spiro atoms. The van der Waals surface area contributed by atoms with Crippen molar-refractivity contribution >= 4 is 13.7 Å². The summed E-state index contributed by atoms with van der Waals surface area (Å²) >= 11 is 0. The molecule has 1 aromatic rings. The summed E-state index contributed by atoms with van der Waals surface area (Å²) < 4.78 is 24.5. The van der Waals surface area contributed by atoms with Crippen molar-refractivity contribution in [2.75, 3.05) is 13.2 Å². The van der Waals surface area contributed by atoms with Crippen molar-refractivity contribution < 1.29 is 18.7 Å². The monoisotopic (exact) mass is 352 g/mol. The molecule has 1 saturated carbocycles. The van der Waals surface area contributed by atoms with Gasteiger partial charge in [-0.05, 0) is 32.3 Å². The van der Waals surface area contributed by atoms with E-state index in [4.69, 9.17) is 9.05 Å². The van der Waals surface area contributed by atoms with Crippen LogP contribution in [-0.2, 0) is 13.6 Å². The second-order valence-electron chi connectivity index (χ2n) is 6.25. The maximum absolute atomic E-state index is 13.4. The number of hydrogen-bond donors (Lipinski definition) is 1. The SMILES string of the molecule is CCOP(=O)(OCC)C(/C=C/c1ccccc1)C1(O)CCCCC1. The molecule has 1 N–H and O–H groups in total. The molecule has 0 bridgehead atoms. The van der Waals surface area contributed by atoms with Gasteiger partial charge in [0.15, 0.2) is 0 Å². The Morgan fingerprint density at radius 1 is 1.12 bits per heavy atom. The van der Waals surface area contributed by atoms with Crippen LogP contribution in [0, 0.1) is 0 Å². The lowest BCUT2D eigenvalue weighted by Crippen LogP contribution is -2.43. The Morgan fingerprint density at radius 2 is 1.71 bits per heavy atom. The molecular formula is C19H29O4P. The summed E-state index contributed by atoms with van der Waals surface area (Å²) in [5.41, 5.74) is -0.685. The van der Waals surface area contributed by atoms with Crippen molar-refractivity contribution in [3.63, 3.8) is 0 Å². The molecule has 0 saturated heterocycles. The van der Waals surface area contributed by atoms with Crippen LogP contribution in [-0.4, -0.2) is 29.6 Å². The standard InChI is InChI=1S/C19H29O4P/c1-3-22-24(21,23-4-2)18(19(20)15-9-6-10-16-19)14-13-17-11-7-5-8-12-17/h5,7-8,11-14,18,20H,3-4,6,9-10,15-16H2,1-2H3/b14-13+. The van der Waals surface area contributed by atoms with Gasteiger partial charge in [0.25, 0.3) is 0 Å². The molecule has 1 atom stereocenters. The summed E-state index contributed by atoms with van der Waals surface area (Å²) in [6.07, 6.45) is 7.95. The lowest BCUT2D eigenvalue weighted by atomic mass is 9.82. The number of benzene rings is 1. The minimum Gasteiger partial charge on any atom is -0.389 e. The van der Waals surface area contributed by atoms with E-state index in [-0.39, 0.29) is 0 Å². The third-order valence-corrected chi connectivity index (χ3v) is 7.07. The van der Waals surface area contributed by atoms with Gasteiger partial charge in [0, 0.05) is 0 Å². The van der Waals surface area contributed by atoms with Gasteiger partial charge in [0.2, 0.25) is 0 Å². The van der Waals surface area contributed by atoms with Crippen molar-refractivity contribution in [3.05, 3.63) is 42.0 Å². The van der Waals surface area contributed by atoms with Crippen molar-refractivity contribution in [3.8, 4) is 0 Å². The van der Waals surface area contributed by atoms with Crippen LogP contribution < -0.4 is 0 Å².